The van der Waals surface area contributed by atoms with Crippen LogP contribution in [-0.4, -0.2) is 37.0 Å². The third kappa shape index (κ3) is 6.57. The molecule has 30 heavy (non-hydrogen) atoms. The summed E-state index contributed by atoms with van der Waals surface area (Å²) in [4.78, 5) is 26.4. The van der Waals surface area contributed by atoms with Gasteiger partial charge in [-0.25, -0.2) is 0 Å². The molecule has 1 heterocycles. The van der Waals surface area contributed by atoms with Gasteiger partial charge in [-0.1, -0.05) is 24.3 Å². The number of allylic oxidation sites excluding steroid dienone is 1. The van der Waals surface area contributed by atoms with E-state index in [1.54, 1.807) is 11.8 Å². The predicted molar refractivity (Wildman–Crippen MR) is 125 cm³/mol. The summed E-state index contributed by atoms with van der Waals surface area (Å²) in [6.07, 6.45) is 3.18. The molecule has 7 heteroatoms. The lowest BCUT2D eigenvalue weighted by Crippen LogP contribution is -2.27. The normalized spacial score (nSPS) is 13.5. The molecule has 0 unspecified atom stereocenters. The molecule has 0 aliphatic carbocycles. The zero-order valence-electron chi connectivity index (χ0n) is 17.2. The first-order valence-corrected chi connectivity index (χ1v) is 12.0. The lowest BCUT2D eigenvalue weighted by atomic mass is 10.1. The Morgan fingerprint density at radius 1 is 1.07 bits per heavy atom. The second-order valence-electron chi connectivity index (χ2n) is 6.86. The molecule has 3 rings (SSSR count). The number of hydrogen-bond acceptors (Lipinski definition) is 5. The van der Waals surface area contributed by atoms with Crippen molar-refractivity contribution in [2.24, 2.45) is 0 Å². The Morgan fingerprint density at radius 2 is 1.77 bits per heavy atom. The molecule has 0 aromatic heterocycles. The molecule has 1 aliphatic rings. The van der Waals surface area contributed by atoms with Crippen molar-refractivity contribution in [3.63, 3.8) is 0 Å². The minimum atomic E-state index is -0.159. The van der Waals surface area contributed by atoms with Crippen LogP contribution in [0, 0.1) is 0 Å². The van der Waals surface area contributed by atoms with Crippen molar-refractivity contribution in [3.05, 3.63) is 70.3 Å². The number of nitrogens with one attached hydrogen (secondary N) is 2. The molecule has 0 radical (unpaired) electrons. The van der Waals surface area contributed by atoms with Crippen LogP contribution in [0.5, 0.6) is 0 Å². The van der Waals surface area contributed by atoms with Crippen molar-refractivity contribution in [1.82, 2.24) is 5.32 Å². The SMILES string of the molecule is CSc1ccc(CCNC(=O)Cc2ccc(NC(=O)C3=C(C)OCCS3)cc2)cc1. The summed E-state index contributed by atoms with van der Waals surface area (Å²) in [6.45, 7) is 3.05. The lowest BCUT2D eigenvalue weighted by molar-refractivity contribution is -0.120. The molecule has 0 fully saturated rings. The van der Waals surface area contributed by atoms with Gasteiger partial charge in [-0.3, -0.25) is 9.59 Å². The lowest BCUT2D eigenvalue weighted by Gasteiger charge is -2.17. The summed E-state index contributed by atoms with van der Waals surface area (Å²) < 4.78 is 5.44. The summed E-state index contributed by atoms with van der Waals surface area (Å²) in [5.74, 6) is 1.27. The van der Waals surface area contributed by atoms with E-state index in [4.69, 9.17) is 4.74 Å². The smallest absolute Gasteiger partial charge is 0.265 e. The Balaban J connectivity index is 1.44. The molecule has 0 saturated heterocycles. The maximum absolute atomic E-state index is 12.4. The van der Waals surface area contributed by atoms with E-state index in [0.717, 1.165) is 17.7 Å². The Morgan fingerprint density at radius 3 is 2.43 bits per heavy atom. The van der Waals surface area contributed by atoms with Gasteiger partial charge in [-0.05, 0) is 55.0 Å². The molecule has 1 aliphatic heterocycles. The Hall–Kier alpha value is -2.38. The van der Waals surface area contributed by atoms with Gasteiger partial charge in [0.25, 0.3) is 5.91 Å². The number of ether oxygens (including phenoxy) is 1. The van der Waals surface area contributed by atoms with Gasteiger partial charge in [0.15, 0.2) is 0 Å². The second kappa shape index (κ2) is 11.1. The van der Waals surface area contributed by atoms with Gasteiger partial charge in [0.2, 0.25) is 5.91 Å². The van der Waals surface area contributed by atoms with Crippen LogP contribution in [-0.2, 0) is 27.2 Å². The van der Waals surface area contributed by atoms with E-state index in [1.165, 1.54) is 22.2 Å². The average Bonchev–Trinajstić information content (AvgIpc) is 2.76. The van der Waals surface area contributed by atoms with Gasteiger partial charge < -0.3 is 15.4 Å². The molecular weight excluding hydrogens is 416 g/mol. The molecular formula is C23H26N2O3S2. The van der Waals surface area contributed by atoms with E-state index in [9.17, 15) is 9.59 Å². The largest absolute Gasteiger partial charge is 0.496 e. The van der Waals surface area contributed by atoms with Crippen LogP contribution in [0.25, 0.3) is 0 Å². The van der Waals surface area contributed by atoms with Gasteiger partial charge in [0.1, 0.15) is 10.7 Å². The predicted octanol–water partition coefficient (Wildman–Crippen LogP) is 4.24. The molecule has 2 aromatic carbocycles. The van der Waals surface area contributed by atoms with Gasteiger partial charge >= 0.3 is 0 Å². The van der Waals surface area contributed by atoms with Crippen molar-refractivity contribution >= 4 is 41.0 Å². The first kappa shape index (κ1) is 22.3. The molecule has 2 aromatic rings. The van der Waals surface area contributed by atoms with Crippen molar-refractivity contribution in [2.75, 3.05) is 30.5 Å². The summed E-state index contributed by atoms with van der Waals surface area (Å²) >= 11 is 3.22. The number of anilines is 1. The highest BCUT2D eigenvalue weighted by Crippen LogP contribution is 2.26. The molecule has 5 nitrogen and oxygen atoms in total. The van der Waals surface area contributed by atoms with Crippen molar-refractivity contribution in [2.45, 2.75) is 24.7 Å². The molecule has 0 bridgehead atoms. The van der Waals surface area contributed by atoms with Crippen LogP contribution in [0.2, 0.25) is 0 Å². The number of rotatable bonds is 8. The third-order valence-corrected chi connectivity index (χ3v) is 6.52. The minimum absolute atomic E-state index is 0.0101. The van der Waals surface area contributed by atoms with E-state index in [1.807, 2.05) is 31.2 Å². The average molecular weight is 443 g/mol. The third-order valence-electron chi connectivity index (χ3n) is 4.65. The minimum Gasteiger partial charge on any atom is -0.496 e. The van der Waals surface area contributed by atoms with E-state index in [0.29, 0.717) is 35.9 Å². The zero-order valence-corrected chi connectivity index (χ0v) is 18.8. The number of amides is 2. The topological polar surface area (TPSA) is 67.4 Å². The van der Waals surface area contributed by atoms with Gasteiger partial charge in [0.05, 0.1) is 13.0 Å². The summed E-state index contributed by atoms with van der Waals surface area (Å²) in [5, 5.41) is 5.85. The van der Waals surface area contributed by atoms with Crippen molar-refractivity contribution < 1.29 is 14.3 Å². The number of hydrogen-bond donors (Lipinski definition) is 2. The van der Waals surface area contributed by atoms with Gasteiger partial charge in [-0.2, -0.15) is 0 Å². The standard InChI is InChI=1S/C23H26N2O3S2/c1-16-22(30-14-13-28-16)23(27)25-19-7-3-18(4-8-19)15-21(26)24-12-11-17-5-9-20(29-2)10-6-17/h3-10H,11-15H2,1-2H3,(H,24,26)(H,25,27). The Kier molecular flexibility index (Phi) is 8.28. The number of benzene rings is 2. The molecule has 0 atom stereocenters. The van der Waals surface area contributed by atoms with Gasteiger partial charge in [-0.15, -0.1) is 23.5 Å². The highest BCUT2D eigenvalue weighted by molar-refractivity contribution is 8.04. The van der Waals surface area contributed by atoms with Gasteiger partial charge in [0, 0.05) is 22.9 Å². The number of carbonyl (C=O) groups is 2. The van der Waals surface area contributed by atoms with Crippen LogP contribution in [0.3, 0.4) is 0 Å². The summed E-state index contributed by atoms with van der Waals surface area (Å²) in [5.41, 5.74) is 2.81. The van der Waals surface area contributed by atoms with Crippen LogP contribution >= 0.6 is 23.5 Å². The van der Waals surface area contributed by atoms with Crippen molar-refractivity contribution in [3.8, 4) is 0 Å². The highest BCUT2D eigenvalue weighted by atomic mass is 32.2. The molecule has 0 spiro atoms. The number of thioether (sulfide) groups is 2. The van der Waals surface area contributed by atoms with Crippen molar-refractivity contribution in [1.29, 1.82) is 0 Å². The first-order valence-electron chi connectivity index (χ1n) is 9.81. The second-order valence-corrected chi connectivity index (χ2v) is 8.84. The van der Waals surface area contributed by atoms with E-state index >= 15 is 0 Å². The van der Waals surface area contributed by atoms with Crippen LogP contribution in [0.15, 0.2) is 64.1 Å². The Bertz CT molecular complexity index is 909. The summed E-state index contributed by atoms with van der Waals surface area (Å²) in [7, 11) is 0. The first-order chi connectivity index (χ1) is 14.5. The monoisotopic (exact) mass is 442 g/mol. The maximum atomic E-state index is 12.4. The fourth-order valence-electron chi connectivity index (χ4n) is 3.01. The number of carbonyl (C=O) groups excluding carboxylic acids is 2. The fourth-order valence-corrected chi connectivity index (χ4v) is 4.23. The Labute approximate surface area is 186 Å². The van der Waals surface area contributed by atoms with E-state index in [2.05, 4.69) is 41.2 Å². The molecule has 2 N–H and O–H groups in total. The molecule has 158 valence electrons. The fraction of sp³-hybridized carbons (Fsp3) is 0.304. The molecule has 2 amide bonds. The summed E-state index contributed by atoms with van der Waals surface area (Å²) in [6, 6.07) is 15.8. The quantitative estimate of drug-likeness (QED) is 0.599. The van der Waals surface area contributed by atoms with Crippen LogP contribution < -0.4 is 10.6 Å². The molecule has 0 saturated carbocycles. The van der Waals surface area contributed by atoms with Crippen LogP contribution in [0.1, 0.15) is 18.1 Å². The van der Waals surface area contributed by atoms with Crippen LogP contribution in [0.4, 0.5) is 5.69 Å². The van der Waals surface area contributed by atoms with E-state index < -0.39 is 0 Å². The highest BCUT2D eigenvalue weighted by Gasteiger charge is 2.18. The zero-order chi connectivity index (χ0) is 21.3. The maximum Gasteiger partial charge on any atom is 0.265 e. The van der Waals surface area contributed by atoms with E-state index in [-0.39, 0.29) is 11.8 Å².